The lowest BCUT2D eigenvalue weighted by Crippen LogP contribution is -2.11. The zero-order chi connectivity index (χ0) is 63.8. The zero-order valence-corrected chi connectivity index (χ0v) is 54.6. The molecule has 0 radical (unpaired) electrons. The van der Waals surface area contributed by atoms with E-state index < -0.39 is 0 Å². The van der Waals surface area contributed by atoms with Crippen LogP contribution in [-0.4, -0.2) is 0 Å². The highest BCUT2D eigenvalue weighted by molar-refractivity contribution is 7.26. The van der Waals surface area contributed by atoms with Crippen molar-refractivity contribution in [3.05, 3.63) is 351 Å². The number of rotatable bonds is 13. The van der Waals surface area contributed by atoms with Crippen molar-refractivity contribution in [3.63, 3.8) is 0 Å². The number of hydrogen-bond donors (Lipinski definition) is 0. The van der Waals surface area contributed by atoms with Crippen LogP contribution in [0.5, 0.6) is 0 Å². The molecule has 0 amide bonds. The maximum atomic E-state index is 2.42. The van der Waals surface area contributed by atoms with Gasteiger partial charge >= 0.3 is 0 Å². The van der Waals surface area contributed by atoms with Crippen LogP contribution in [0, 0.1) is 13.8 Å². The first-order chi connectivity index (χ1) is 47.3. The molecular formula is C90H62N4S2. The Morgan fingerprint density at radius 2 is 0.469 bits per heavy atom. The highest BCUT2D eigenvalue weighted by atomic mass is 32.1. The molecular weight excluding hydrogens is 1200 g/mol. The highest BCUT2D eigenvalue weighted by Crippen LogP contribution is 2.47. The van der Waals surface area contributed by atoms with E-state index in [1.807, 2.05) is 22.7 Å². The molecule has 6 heteroatoms. The number of benzene rings is 16. The fraction of sp³-hybridized carbons (Fsp3) is 0.0222. The Kier molecular flexibility index (Phi) is 14.0. The Morgan fingerprint density at radius 1 is 0.188 bits per heavy atom. The second-order valence-corrected chi connectivity index (χ2v) is 27.2. The van der Waals surface area contributed by atoms with Crippen molar-refractivity contribution >= 4 is 174 Å². The van der Waals surface area contributed by atoms with Gasteiger partial charge in [-0.05, 0) is 267 Å². The lowest BCUT2D eigenvalue weighted by molar-refractivity contribution is 1.25. The van der Waals surface area contributed by atoms with Gasteiger partial charge in [-0.3, -0.25) is 0 Å². The lowest BCUT2D eigenvalue weighted by Gasteiger charge is -2.28. The summed E-state index contributed by atoms with van der Waals surface area (Å²) in [5.74, 6) is 0. The normalized spacial score (nSPS) is 11.6. The Bertz CT molecular complexity index is 5950. The summed E-state index contributed by atoms with van der Waals surface area (Å²) in [5, 5.41) is 14.9. The summed E-state index contributed by atoms with van der Waals surface area (Å²) in [6.45, 7) is 4.44. The molecule has 16 aromatic carbocycles. The standard InChI is InChI=1S/C90H62N4S2/c1-59-20-18-19-31-85(59)93(74-27-14-6-15-28-74)79-43-36-65-57-89-83(53-69(65)49-79)84-54-70-50-80(44-37-66(70)58-90(84)96-89)94(75-29-16-7-17-30-75)86-45-38-62(46-60(86)2)61-32-39-76(40-33-61)92(73-25-12-5-13-26-73)78-42-35-64-56-88-82(52-68(64)48-78)81-51-67-47-77(41-34-63(67)55-87(81)95-88)91(71-21-8-3-9-22-71)72-23-10-4-11-24-72/h3-58H,1-2H3. The molecule has 0 fully saturated rings. The molecule has 18 aromatic rings. The topological polar surface area (TPSA) is 13.0 Å². The van der Waals surface area contributed by atoms with Gasteiger partial charge < -0.3 is 19.6 Å². The Balaban J connectivity index is 0.661. The average molecular weight is 1260 g/mol. The van der Waals surface area contributed by atoms with Crippen LogP contribution in [0.1, 0.15) is 11.1 Å². The van der Waals surface area contributed by atoms with Crippen molar-refractivity contribution in [2.75, 3.05) is 19.6 Å². The zero-order valence-electron chi connectivity index (χ0n) is 52.9. The molecule has 0 saturated heterocycles. The monoisotopic (exact) mass is 1260 g/mol. The van der Waals surface area contributed by atoms with Crippen molar-refractivity contribution in [3.8, 4) is 11.1 Å². The maximum absolute atomic E-state index is 2.42. The van der Waals surface area contributed by atoms with Gasteiger partial charge in [0.25, 0.3) is 0 Å². The smallest absolute Gasteiger partial charge is 0.0491 e. The molecule has 0 aliphatic rings. The maximum Gasteiger partial charge on any atom is 0.0491 e. The summed E-state index contributed by atoms with van der Waals surface area (Å²) < 4.78 is 5.17. The van der Waals surface area contributed by atoms with Crippen molar-refractivity contribution in [1.82, 2.24) is 0 Å². The van der Waals surface area contributed by atoms with Crippen LogP contribution < -0.4 is 19.6 Å². The average Bonchev–Trinajstić information content (AvgIpc) is 1.53. The van der Waals surface area contributed by atoms with Gasteiger partial charge in [0.15, 0.2) is 0 Å². The summed E-state index contributed by atoms with van der Waals surface area (Å²) in [6, 6.07) is 125. The van der Waals surface area contributed by atoms with E-state index in [2.05, 4.69) is 373 Å². The first-order valence-electron chi connectivity index (χ1n) is 32.8. The van der Waals surface area contributed by atoms with E-state index in [0.29, 0.717) is 0 Å². The van der Waals surface area contributed by atoms with E-state index in [1.54, 1.807) is 0 Å². The molecule has 0 saturated carbocycles. The molecule has 0 bridgehead atoms. The Morgan fingerprint density at radius 3 is 0.812 bits per heavy atom. The van der Waals surface area contributed by atoms with Crippen LogP contribution in [0.3, 0.4) is 0 Å². The largest absolute Gasteiger partial charge is 0.310 e. The fourth-order valence-electron chi connectivity index (χ4n) is 14.4. The van der Waals surface area contributed by atoms with Gasteiger partial charge in [-0.25, -0.2) is 0 Å². The number of fused-ring (bicyclic) bond motifs is 10. The number of aryl methyl sites for hydroxylation is 2. The fourth-order valence-corrected chi connectivity index (χ4v) is 16.7. The Labute approximate surface area is 565 Å². The summed E-state index contributed by atoms with van der Waals surface area (Å²) >= 11 is 3.76. The number of anilines is 12. The molecule has 0 aliphatic carbocycles. The molecule has 0 atom stereocenters. The third-order valence-electron chi connectivity index (χ3n) is 19.1. The quantitative estimate of drug-likeness (QED) is 0.114. The molecule has 0 N–H and O–H groups in total. The summed E-state index contributed by atoms with van der Waals surface area (Å²) in [5.41, 5.74) is 18.2. The van der Waals surface area contributed by atoms with Crippen LogP contribution in [0.2, 0.25) is 0 Å². The number of nitrogens with zero attached hydrogens (tertiary/aromatic N) is 4. The van der Waals surface area contributed by atoms with E-state index in [4.69, 9.17) is 0 Å². The van der Waals surface area contributed by atoms with Crippen molar-refractivity contribution in [2.24, 2.45) is 0 Å². The SMILES string of the molecule is Cc1ccccc1N(c1ccccc1)c1ccc2cc3sc4cc5ccc(N(c6ccccc6)c6ccc(-c7ccc(N(c8ccccc8)c8ccc9cc%10sc%11cc%12ccc(N(c%13ccccc%13)c%13ccccc%13)cc%12cc%11c%10cc9c8)cc7)cc6C)cc5cc4c3cc2c1. The number of hydrogen-bond acceptors (Lipinski definition) is 6. The van der Waals surface area contributed by atoms with Crippen LogP contribution >= 0.6 is 22.7 Å². The molecule has 4 nitrogen and oxygen atoms in total. The molecule has 96 heavy (non-hydrogen) atoms. The number of para-hydroxylation sites is 6. The van der Waals surface area contributed by atoms with E-state index in [-0.39, 0.29) is 0 Å². The van der Waals surface area contributed by atoms with Crippen LogP contribution in [0.4, 0.5) is 68.2 Å². The lowest BCUT2D eigenvalue weighted by atomic mass is 10.00. The molecule has 0 aliphatic heterocycles. The first kappa shape index (κ1) is 56.9. The third kappa shape index (κ3) is 10.2. The first-order valence-corrected chi connectivity index (χ1v) is 34.4. The second kappa shape index (κ2) is 23.6. The van der Waals surface area contributed by atoms with Crippen molar-refractivity contribution in [2.45, 2.75) is 13.8 Å². The van der Waals surface area contributed by atoms with E-state index in [9.17, 15) is 0 Å². The van der Waals surface area contributed by atoms with Gasteiger partial charge in [0.2, 0.25) is 0 Å². The number of thiophene rings is 2. The van der Waals surface area contributed by atoms with Gasteiger partial charge in [0.05, 0.1) is 0 Å². The van der Waals surface area contributed by atoms with Crippen LogP contribution in [0.25, 0.3) is 94.6 Å². The van der Waals surface area contributed by atoms with E-state index >= 15 is 0 Å². The van der Waals surface area contributed by atoms with Gasteiger partial charge in [-0.15, -0.1) is 22.7 Å². The third-order valence-corrected chi connectivity index (χ3v) is 21.3. The molecule has 18 rings (SSSR count). The molecule has 0 spiro atoms. The Hall–Kier alpha value is -11.8. The van der Waals surface area contributed by atoms with E-state index in [1.165, 1.54) is 106 Å². The highest BCUT2D eigenvalue weighted by Gasteiger charge is 2.22. The van der Waals surface area contributed by atoms with Crippen molar-refractivity contribution < 1.29 is 0 Å². The van der Waals surface area contributed by atoms with Gasteiger partial charge in [-0.2, -0.15) is 0 Å². The second-order valence-electron chi connectivity index (χ2n) is 25.1. The van der Waals surface area contributed by atoms with Gasteiger partial charge in [0, 0.05) is 109 Å². The molecule has 2 heterocycles. The predicted octanol–water partition coefficient (Wildman–Crippen LogP) is 27.2. The van der Waals surface area contributed by atoms with Gasteiger partial charge in [0.1, 0.15) is 0 Å². The van der Waals surface area contributed by atoms with Crippen molar-refractivity contribution in [1.29, 1.82) is 0 Å². The minimum absolute atomic E-state index is 1.09. The summed E-state index contributed by atoms with van der Waals surface area (Å²) in [4.78, 5) is 9.51. The van der Waals surface area contributed by atoms with Crippen LogP contribution in [-0.2, 0) is 0 Å². The van der Waals surface area contributed by atoms with Crippen LogP contribution in [0.15, 0.2) is 340 Å². The van der Waals surface area contributed by atoms with E-state index in [0.717, 1.165) is 68.1 Å². The summed E-state index contributed by atoms with van der Waals surface area (Å²) in [6.07, 6.45) is 0. The summed E-state index contributed by atoms with van der Waals surface area (Å²) in [7, 11) is 0. The predicted molar refractivity (Wildman–Crippen MR) is 416 cm³/mol. The minimum Gasteiger partial charge on any atom is -0.310 e. The molecule has 0 unspecified atom stereocenters. The molecule has 2 aromatic heterocycles. The molecule has 454 valence electrons. The minimum atomic E-state index is 1.09. The van der Waals surface area contributed by atoms with Gasteiger partial charge in [-0.1, -0.05) is 152 Å².